The highest BCUT2D eigenvalue weighted by Crippen LogP contribution is 2.32. The van der Waals surface area contributed by atoms with Gasteiger partial charge in [0.15, 0.2) is 0 Å². The molecule has 0 amide bonds. The van der Waals surface area contributed by atoms with E-state index < -0.39 is 0 Å². The third-order valence-electron chi connectivity index (χ3n) is 2.79. The molecule has 0 unspecified atom stereocenters. The standard InChI is InChI=1S/C13H11N3OS/c1-17-13-7-9(14)3-4-10(13)8-2-5-11-12(6-8)16-18-15-11/h2-7H,14H2,1H3. The molecule has 5 heteroatoms. The van der Waals surface area contributed by atoms with Crippen LogP contribution in [-0.2, 0) is 0 Å². The maximum atomic E-state index is 5.75. The number of anilines is 1. The van der Waals surface area contributed by atoms with E-state index in [1.54, 1.807) is 7.11 Å². The summed E-state index contributed by atoms with van der Waals surface area (Å²) >= 11 is 1.22. The van der Waals surface area contributed by atoms with Crippen LogP contribution in [-0.4, -0.2) is 15.9 Å². The van der Waals surface area contributed by atoms with Gasteiger partial charge in [-0.3, -0.25) is 0 Å². The fourth-order valence-electron chi connectivity index (χ4n) is 1.90. The van der Waals surface area contributed by atoms with Gasteiger partial charge in [0, 0.05) is 17.3 Å². The van der Waals surface area contributed by atoms with Crippen molar-refractivity contribution in [1.29, 1.82) is 0 Å². The highest BCUT2D eigenvalue weighted by Gasteiger charge is 2.08. The highest BCUT2D eigenvalue weighted by molar-refractivity contribution is 7.00. The minimum absolute atomic E-state index is 0.687. The van der Waals surface area contributed by atoms with Crippen molar-refractivity contribution < 1.29 is 4.74 Å². The molecule has 1 aromatic heterocycles. The molecule has 1 heterocycles. The largest absolute Gasteiger partial charge is 0.496 e. The molecule has 0 saturated carbocycles. The number of nitrogen functional groups attached to an aromatic ring is 1. The second kappa shape index (κ2) is 4.27. The van der Waals surface area contributed by atoms with E-state index in [0.29, 0.717) is 5.69 Å². The summed E-state index contributed by atoms with van der Waals surface area (Å²) in [6.07, 6.45) is 0. The number of aromatic nitrogens is 2. The second-order valence-corrected chi connectivity index (χ2v) is 4.46. The molecule has 4 nitrogen and oxygen atoms in total. The SMILES string of the molecule is COc1cc(N)ccc1-c1ccc2nsnc2c1. The molecule has 0 radical (unpaired) electrons. The monoisotopic (exact) mass is 257 g/mol. The molecular weight excluding hydrogens is 246 g/mol. The first-order valence-electron chi connectivity index (χ1n) is 5.44. The van der Waals surface area contributed by atoms with E-state index in [0.717, 1.165) is 27.9 Å². The first-order chi connectivity index (χ1) is 8.78. The summed E-state index contributed by atoms with van der Waals surface area (Å²) in [5.41, 5.74) is 10.3. The Morgan fingerprint density at radius 3 is 2.72 bits per heavy atom. The Morgan fingerprint density at radius 1 is 1.06 bits per heavy atom. The Labute approximate surface area is 108 Å². The quantitative estimate of drug-likeness (QED) is 0.717. The number of hydrogen-bond donors (Lipinski definition) is 1. The van der Waals surface area contributed by atoms with Gasteiger partial charge in [-0.2, -0.15) is 8.75 Å². The Kier molecular flexibility index (Phi) is 2.60. The van der Waals surface area contributed by atoms with Gasteiger partial charge < -0.3 is 10.5 Å². The maximum Gasteiger partial charge on any atom is 0.128 e. The molecule has 90 valence electrons. The lowest BCUT2D eigenvalue weighted by molar-refractivity contribution is 0.416. The zero-order chi connectivity index (χ0) is 12.5. The van der Waals surface area contributed by atoms with Crippen LogP contribution in [0.15, 0.2) is 36.4 Å². The van der Waals surface area contributed by atoms with Gasteiger partial charge >= 0.3 is 0 Å². The van der Waals surface area contributed by atoms with E-state index in [9.17, 15) is 0 Å². The number of methoxy groups -OCH3 is 1. The molecule has 0 atom stereocenters. The van der Waals surface area contributed by atoms with E-state index in [1.807, 2.05) is 36.4 Å². The summed E-state index contributed by atoms with van der Waals surface area (Å²) in [6.45, 7) is 0. The van der Waals surface area contributed by atoms with Gasteiger partial charge in [0.05, 0.1) is 18.8 Å². The lowest BCUT2D eigenvalue weighted by Crippen LogP contribution is -1.91. The van der Waals surface area contributed by atoms with Crippen molar-refractivity contribution in [2.75, 3.05) is 12.8 Å². The van der Waals surface area contributed by atoms with E-state index in [4.69, 9.17) is 10.5 Å². The molecule has 0 aliphatic rings. The fourth-order valence-corrected chi connectivity index (χ4v) is 2.41. The lowest BCUT2D eigenvalue weighted by Gasteiger charge is -2.09. The summed E-state index contributed by atoms with van der Waals surface area (Å²) in [5, 5.41) is 0. The van der Waals surface area contributed by atoms with Gasteiger partial charge in [0.25, 0.3) is 0 Å². The molecule has 3 aromatic rings. The fraction of sp³-hybridized carbons (Fsp3) is 0.0769. The maximum absolute atomic E-state index is 5.75. The van der Waals surface area contributed by atoms with Gasteiger partial charge in [-0.05, 0) is 29.8 Å². The first-order valence-corrected chi connectivity index (χ1v) is 6.17. The van der Waals surface area contributed by atoms with Gasteiger partial charge in [-0.1, -0.05) is 6.07 Å². The first kappa shape index (κ1) is 11.0. The van der Waals surface area contributed by atoms with Crippen LogP contribution in [0.25, 0.3) is 22.2 Å². The number of ether oxygens (including phenoxy) is 1. The smallest absolute Gasteiger partial charge is 0.128 e. The van der Waals surface area contributed by atoms with E-state index in [1.165, 1.54) is 11.7 Å². The number of nitrogens with zero attached hydrogens (tertiary/aromatic N) is 2. The topological polar surface area (TPSA) is 61.0 Å². The summed E-state index contributed by atoms with van der Waals surface area (Å²) in [6, 6.07) is 11.6. The lowest BCUT2D eigenvalue weighted by atomic mass is 10.0. The molecule has 2 aromatic carbocycles. The minimum atomic E-state index is 0.687. The molecule has 3 rings (SSSR count). The van der Waals surface area contributed by atoms with Gasteiger partial charge in [-0.15, -0.1) is 0 Å². The molecule has 0 aliphatic carbocycles. The summed E-state index contributed by atoms with van der Waals surface area (Å²) < 4.78 is 13.8. The number of benzene rings is 2. The van der Waals surface area contributed by atoms with E-state index in [2.05, 4.69) is 8.75 Å². The number of hydrogen-bond acceptors (Lipinski definition) is 5. The molecular formula is C13H11N3OS. The van der Waals surface area contributed by atoms with Crippen LogP contribution < -0.4 is 10.5 Å². The van der Waals surface area contributed by atoms with Crippen molar-refractivity contribution in [2.24, 2.45) is 0 Å². The Morgan fingerprint density at radius 2 is 1.89 bits per heavy atom. The average molecular weight is 257 g/mol. The Balaban J connectivity index is 2.18. The molecule has 0 saturated heterocycles. The number of rotatable bonds is 2. The minimum Gasteiger partial charge on any atom is -0.496 e. The summed E-state index contributed by atoms with van der Waals surface area (Å²) in [4.78, 5) is 0. The van der Waals surface area contributed by atoms with Crippen LogP contribution in [0.4, 0.5) is 5.69 Å². The van der Waals surface area contributed by atoms with Gasteiger partial charge in [0.2, 0.25) is 0 Å². The van der Waals surface area contributed by atoms with Gasteiger partial charge in [0.1, 0.15) is 16.8 Å². The van der Waals surface area contributed by atoms with Crippen LogP contribution in [0.1, 0.15) is 0 Å². The molecule has 0 spiro atoms. The third-order valence-corrected chi connectivity index (χ3v) is 3.35. The molecule has 0 bridgehead atoms. The summed E-state index contributed by atoms with van der Waals surface area (Å²) in [7, 11) is 1.64. The second-order valence-electron chi connectivity index (χ2n) is 3.93. The molecule has 2 N–H and O–H groups in total. The normalized spacial score (nSPS) is 10.7. The van der Waals surface area contributed by atoms with Crippen LogP contribution >= 0.6 is 11.7 Å². The van der Waals surface area contributed by atoms with Crippen LogP contribution in [0.2, 0.25) is 0 Å². The number of nitrogens with two attached hydrogens (primary N) is 1. The van der Waals surface area contributed by atoms with Crippen LogP contribution in [0.3, 0.4) is 0 Å². The van der Waals surface area contributed by atoms with Crippen molar-refractivity contribution in [2.45, 2.75) is 0 Å². The van der Waals surface area contributed by atoms with E-state index in [-0.39, 0.29) is 0 Å². The highest BCUT2D eigenvalue weighted by atomic mass is 32.1. The number of fused-ring (bicyclic) bond motifs is 1. The van der Waals surface area contributed by atoms with Gasteiger partial charge in [-0.25, -0.2) is 0 Å². The molecule has 0 aliphatic heterocycles. The predicted octanol–water partition coefficient (Wildman–Crippen LogP) is 2.95. The summed E-state index contributed by atoms with van der Waals surface area (Å²) in [5.74, 6) is 0.762. The molecule has 0 fully saturated rings. The van der Waals surface area contributed by atoms with Crippen LogP contribution in [0, 0.1) is 0 Å². The zero-order valence-corrected chi connectivity index (χ0v) is 10.6. The van der Waals surface area contributed by atoms with Crippen LogP contribution in [0.5, 0.6) is 5.75 Å². The Hall–Kier alpha value is -2.14. The van der Waals surface area contributed by atoms with Crippen molar-refractivity contribution in [3.05, 3.63) is 36.4 Å². The van der Waals surface area contributed by atoms with E-state index >= 15 is 0 Å². The Bertz CT molecular complexity index is 708. The van der Waals surface area contributed by atoms with Crippen molar-refractivity contribution >= 4 is 28.4 Å². The van der Waals surface area contributed by atoms with Crippen molar-refractivity contribution in [1.82, 2.24) is 8.75 Å². The molecule has 18 heavy (non-hydrogen) atoms. The van der Waals surface area contributed by atoms with Crippen molar-refractivity contribution in [3.63, 3.8) is 0 Å². The predicted molar refractivity (Wildman–Crippen MR) is 73.8 cm³/mol. The zero-order valence-electron chi connectivity index (χ0n) is 9.75. The third kappa shape index (κ3) is 1.78. The average Bonchev–Trinajstić information content (AvgIpc) is 2.85. The van der Waals surface area contributed by atoms with Crippen molar-refractivity contribution in [3.8, 4) is 16.9 Å².